The first-order valence-corrected chi connectivity index (χ1v) is 5.58. The molecule has 2 rings (SSSR count). The van der Waals surface area contributed by atoms with Crippen LogP contribution >= 0.6 is 0 Å². The Hall–Kier alpha value is -0.860. The molecule has 1 aliphatic heterocycles. The molecule has 2 nitrogen and oxygen atoms in total. The van der Waals surface area contributed by atoms with Crippen LogP contribution < -0.4 is 10.6 Å². The van der Waals surface area contributed by atoms with E-state index in [1.807, 2.05) is 0 Å². The standard InChI is InChI=1S/C12H18N2/c13-7-9-14-8-6-12(10-14)11-4-2-1-3-5-11/h1-5,12H,6-10,13H2/p+2/t12-/m0/s1. The second-order valence-corrected chi connectivity index (χ2v) is 4.20. The van der Waals surface area contributed by atoms with E-state index in [1.54, 1.807) is 4.90 Å². The molecular weight excluding hydrogens is 172 g/mol. The van der Waals surface area contributed by atoms with Crippen LogP contribution in [0.5, 0.6) is 0 Å². The second kappa shape index (κ2) is 4.58. The van der Waals surface area contributed by atoms with Gasteiger partial charge in [-0.2, -0.15) is 0 Å². The molecule has 0 radical (unpaired) electrons. The highest BCUT2D eigenvalue weighted by molar-refractivity contribution is 5.19. The van der Waals surface area contributed by atoms with Gasteiger partial charge in [0, 0.05) is 12.3 Å². The van der Waals surface area contributed by atoms with Crippen molar-refractivity contribution in [2.45, 2.75) is 12.3 Å². The average Bonchev–Trinajstić information content (AvgIpc) is 2.68. The van der Waals surface area contributed by atoms with Crippen LogP contribution in [0.25, 0.3) is 0 Å². The van der Waals surface area contributed by atoms with E-state index >= 15 is 0 Å². The highest BCUT2D eigenvalue weighted by Crippen LogP contribution is 2.19. The first-order valence-electron chi connectivity index (χ1n) is 5.58. The summed E-state index contributed by atoms with van der Waals surface area (Å²) in [4.78, 5) is 1.73. The number of benzene rings is 1. The predicted molar refractivity (Wildman–Crippen MR) is 57.1 cm³/mol. The first kappa shape index (κ1) is 9.69. The third-order valence-electron chi connectivity index (χ3n) is 3.18. The van der Waals surface area contributed by atoms with E-state index in [0.29, 0.717) is 0 Å². The van der Waals surface area contributed by atoms with Gasteiger partial charge in [-0.15, -0.1) is 0 Å². The van der Waals surface area contributed by atoms with Crippen molar-refractivity contribution in [3.05, 3.63) is 35.9 Å². The fourth-order valence-corrected chi connectivity index (χ4v) is 2.42. The molecule has 14 heavy (non-hydrogen) atoms. The highest BCUT2D eigenvalue weighted by atomic mass is 15.1. The number of nitrogens with one attached hydrogen (secondary N) is 1. The largest absolute Gasteiger partial charge is 0.353 e. The zero-order chi connectivity index (χ0) is 9.80. The van der Waals surface area contributed by atoms with E-state index in [2.05, 4.69) is 36.1 Å². The van der Waals surface area contributed by atoms with Crippen molar-refractivity contribution in [1.82, 2.24) is 0 Å². The lowest BCUT2D eigenvalue weighted by Crippen LogP contribution is -3.11. The Kier molecular flexibility index (Phi) is 3.17. The second-order valence-electron chi connectivity index (χ2n) is 4.20. The van der Waals surface area contributed by atoms with Crippen molar-refractivity contribution in [1.29, 1.82) is 0 Å². The molecule has 1 aromatic carbocycles. The number of quaternary nitrogens is 2. The Morgan fingerprint density at radius 1 is 1.29 bits per heavy atom. The van der Waals surface area contributed by atoms with E-state index in [0.717, 1.165) is 12.5 Å². The van der Waals surface area contributed by atoms with Gasteiger partial charge >= 0.3 is 0 Å². The molecule has 0 aromatic heterocycles. The number of hydrogen-bond donors (Lipinski definition) is 2. The molecule has 76 valence electrons. The fraction of sp³-hybridized carbons (Fsp3) is 0.500. The summed E-state index contributed by atoms with van der Waals surface area (Å²) in [6.07, 6.45) is 1.35. The molecule has 1 heterocycles. The van der Waals surface area contributed by atoms with Gasteiger partial charge in [0.2, 0.25) is 0 Å². The maximum Gasteiger partial charge on any atom is 0.127 e. The lowest BCUT2D eigenvalue weighted by Gasteiger charge is -2.11. The van der Waals surface area contributed by atoms with Crippen LogP contribution in [0.4, 0.5) is 0 Å². The summed E-state index contributed by atoms with van der Waals surface area (Å²) in [7, 11) is 0. The fourth-order valence-electron chi connectivity index (χ4n) is 2.42. The van der Waals surface area contributed by atoms with Crippen LogP contribution in [-0.4, -0.2) is 26.2 Å². The van der Waals surface area contributed by atoms with E-state index < -0.39 is 0 Å². The van der Waals surface area contributed by atoms with E-state index in [9.17, 15) is 0 Å². The molecule has 1 aromatic rings. The smallest absolute Gasteiger partial charge is 0.127 e. The SMILES string of the molecule is [NH3+]CC[NH+]1CC[C@H](c2ccccc2)C1. The van der Waals surface area contributed by atoms with Gasteiger partial charge in [-0.05, 0) is 5.56 Å². The van der Waals surface area contributed by atoms with E-state index in [-0.39, 0.29) is 0 Å². The summed E-state index contributed by atoms with van der Waals surface area (Å²) in [5.41, 5.74) is 5.45. The summed E-state index contributed by atoms with van der Waals surface area (Å²) in [5, 5.41) is 0. The van der Waals surface area contributed by atoms with Crippen molar-refractivity contribution >= 4 is 0 Å². The van der Waals surface area contributed by atoms with E-state index in [1.165, 1.54) is 31.6 Å². The summed E-state index contributed by atoms with van der Waals surface area (Å²) in [6.45, 7) is 4.94. The average molecular weight is 192 g/mol. The topological polar surface area (TPSA) is 32.1 Å². The van der Waals surface area contributed by atoms with Crippen LogP contribution in [0.3, 0.4) is 0 Å². The normalized spacial score (nSPS) is 26.6. The lowest BCUT2D eigenvalue weighted by molar-refractivity contribution is -0.893. The summed E-state index contributed by atoms with van der Waals surface area (Å²) < 4.78 is 0. The molecule has 0 spiro atoms. The molecule has 0 bridgehead atoms. The van der Waals surface area contributed by atoms with Crippen molar-refractivity contribution in [2.75, 3.05) is 26.2 Å². The molecule has 0 amide bonds. The maximum atomic E-state index is 3.93. The highest BCUT2D eigenvalue weighted by Gasteiger charge is 2.26. The summed E-state index contributed by atoms with van der Waals surface area (Å²) in [6, 6.07) is 10.9. The minimum atomic E-state index is 0.790. The zero-order valence-electron chi connectivity index (χ0n) is 8.71. The number of likely N-dealkylation sites (tertiary alicyclic amines) is 1. The quantitative estimate of drug-likeness (QED) is 0.635. The maximum absolute atomic E-state index is 3.93. The summed E-state index contributed by atoms with van der Waals surface area (Å²) >= 11 is 0. The monoisotopic (exact) mass is 192 g/mol. The Labute approximate surface area is 85.7 Å². The lowest BCUT2D eigenvalue weighted by atomic mass is 9.99. The number of rotatable bonds is 3. The zero-order valence-corrected chi connectivity index (χ0v) is 8.71. The van der Waals surface area contributed by atoms with Crippen LogP contribution in [0, 0.1) is 0 Å². The van der Waals surface area contributed by atoms with Gasteiger partial charge in [0.1, 0.15) is 13.1 Å². The van der Waals surface area contributed by atoms with Gasteiger partial charge in [-0.25, -0.2) is 0 Å². The van der Waals surface area contributed by atoms with Gasteiger partial charge < -0.3 is 10.6 Å². The molecule has 0 saturated carbocycles. The Morgan fingerprint density at radius 3 is 2.79 bits per heavy atom. The molecule has 4 N–H and O–H groups in total. The van der Waals surface area contributed by atoms with Crippen LogP contribution in [0.2, 0.25) is 0 Å². The van der Waals surface area contributed by atoms with E-state index in [4.69, 9.17) is 0 Å². The molecule has 2 atom stereocenters. The first-order chi connectivity index (χ1) is 6.90. The third kappa shape index (κ3) is 2.14. The summed E-state index contributed by atoms with van der Waals surface area (Å²) in [5.74, 6) is 0.790. The molecule has 1 aliphatic rings. The minimum absolute atomic E-state index is 0.790. The molecule has 1 fully saturated rings. The molecule has 0 aliphatic carbocycles. The van der Waals surface area contributed by atoms with Crippen molar-refractivity contribution in [2.24, 2.45) is 0 Å². The van der Waals surface area contributed by atoms with Crippen LogP contribution in [-0.2, 0) is 0 Å². The Balaban J connectivity index is 1.96. The van der Waals surface area contributed by atoms with Crippen LogP contribution in [0.15, 0.2) is 30.3 Å². The Morgan fingerprint density at radius 2 is 2.07 bits per heavy atom. The predicted octanol–water partition coefficient (Wildman–Crippen LogP) is -0.699. The third-order valence-corrected chi connectivity index (χ3v) is 3.18. The molecule has 1 saturated heterocycles. The van der Waals surface area contributed by atoms with Crippen molar-refractivity contribution in [3.8, 4) is 0 Å². The Bertz CT molecular complexity index is 271. The molecule has 2 heteroatoms. The van der Waals surface area contributed by atoms with Crippen LogP contribution in [0.1, 0.15) is 17.9 Å². The van der Waals surface area contributed by atoms with Gasteiger partial charge in [0.15, 0.2) is 0 Å². The van der Waals surface area contributed by atoms with Gasteiger partial charge in [0.25, 0.3) is 0 Å². The van der Waals surface area contributed by atoms with Gasteiger partial charge in [-0.3, -0.25) is 0 Å². The van der Waals surface area contributed by atoms with Gasteiger partial charge in [-0.1, -0.05) is 30.3 Å². The van der Waals surface area contributed by atoms with Crippen molar-refractivity contribution in [3.63, 3.8) is 0 Å². The minimum Gasteiger partial charge on any atom is -0.353 e. The van der Waals surface area contributed by atoms with Crippen molar-refractivity contribution < 1.29 is 10.6 Å². The van der Waals surface area contributed by atoms with Gasteiger partial charge in [0.05, 0.1) is 13.1 Å². The molecular formula is C12H20N2+2. The molecule has 1 unspecified atom stereocenters. The number of hydrogen-bond acceptors (Lipinski definition) is 0.